The number of aryl methyl sites for hydroxylation is 1. The molecule has 0 radical (unpaired) electrons. The quantitative estimate of drug-likeness (QED) is 0.670. The summed E-state index contributed by atoms with van der Waals surface area (Å²) in [5.74, 6) is -0.833. The Morgan fingerprint density at radius 1 is 1.17 bits per heavy atom. The fourth-order valence-corrected chi connectivity index (χ4v) is 4.90. The van der Waals surface area contributed by atoms with E-state index in [1.54, 1.807) is 18.2 Å². The third-order valence-corrected chi connectivity index (χ3v) is 6.68. The molecule has 1 saturated heterocycles. The highest BCUT2D eigenvalue weighted by atomic mass is 35.5. The van der Waals surface area contributed by atoms with Gasteiger partial charge in [0, 0.05) is 33.3 Å². The summed E-state index contributed by atoms with van der Waals surface area (Å²) < 4.78 is 20.8. The molecule has 1 unspecified atom stereocenters. The molecule has 1 N–H and O–H groups in total. The summed E-state index contributed by atoms with van der Waals surface area (Å²) in [6, 6.07) is 8.58. The molecule has 4 rings (SSSR count). The zero-order valence-corrected chi connectivity index (χ0v) is 17.3. The Hall–Kier alpha value is -1.82. The van der Waals surface area contributed by atoms with Crippen molar-refractivity contribution in [1.29, 1.82) is 0 Å². The third kappa shape index (κ3) is 4.23. The van der Waals surface area contributed by atoms with E-state index in [0.717, 1.165) is 24.0 Å². The van der Waals surface area contributed by atoms with Gasteiger partial charge in [0.05, 0.1) is 5.92 Å². The molecule has 1 fully saturated rings. The monoisotopic (exact) mass is 437 g/mol. The number of fused-ring (bicyclic) bond motifs is 1. The maximum Gasteiger partial charge on any atom is 0.306 e. The number of carboxylic acid groups (broad SMARTS) is 1. The molecule has 1 heterocycles. The second kappa shape index (κ2) is 8.50. The number of ether oxygens (including phenoxy) is 1. The van der Waals surface area contributed by atoms with E-state index in [9.17, 15) is 14.3 Å². The first-order valence-electron chi connectivity index (χ1n) is 9.79. The molecule has 2 aromatic carbocycles. The fraction of sp³-hybridized carbons (Fsp3) is 0.409. The summed E-state index contributed by atoms with van der Waals surface area (Å²) >= 11 is 12.3. The van der Waals surface area contributed by atoms with Gasteiger partial charge in [-0.1, -0.05) is 29.3 Å². The lowest BCUT2D eigenvalue weighted by Gasteiger charge is -2.35. The molecule has 0 spiro atoms. The first-order valence-corrected chi connectivity index (χ1v) is 10.5. The van der Waals surface area contributed by atoms with Gasteiger partial charge < -0.3 is 9.84 Å². The Morgan fingerprint density at radius 3 is 2.52 bits per heavy atom. The number of piperidine rings is 1. The number of aliphatic carboxylic acids is 1. The van der Waals surface area contributed by atoms with Crippen LogP contribution in [0.3, 0.4) is 0 Å². The van der Waals surface area contributed by atoms with Crippen LogP contribution in [0.2, 0.25) is 10.0 Å². The van der Waals surface area contributed by atoms with Gasteiger partial charge in [0.15, 0.2) is 0 Å². The number of nitrogens with zero attached hydrogens (tertiary/aromatic N) is 1. The molecule has 1 aliphatic heterocycles. The topological polar surface area (TPSA) is 49.8 Å². The minimum absolute atomic E-state index is 0.00630. The van der Waals surface area contributed by atoms with Gasteiger partial charge >= 0.3 is 5.97 Å². The molecule has 29 heavy (non-hydrogen) atoms. The zero-order valence-electron chi connectivity index (χ0n) is 15.8. The fourth-order valence-electron chi connectivity index (χ4n) is 4.40. The summed E-state index contributed by atoms with van der Waals surface area (Å²) in [5.41, 5.74) is 2.36. The van der Waals surface area contributed by atoms with Crippen molar-refractivity contribution in [2.75, 3.05) is 13.1 Å². The summed E-state index contributed by atoms with van der Waals surface area (Å²) in [4.78, 5) is 13.4. The van der Waals surface area contributed by atoms with Gasteiger partial charge in [-0.15, -0.1) is 0 Å². The van der Waals surface area contributed by atoms with Crippen molar-refractivity contribution in [3.63, 3.8) is 0 Å². The number of hydrogen-bond donors (Lipinski definition) is 1. The average molecular weight is 438 g/mol. The largest absolute Gasteiger partial charge is 0.489 e. The van der Waals surface area contributed by atoms with Crippen LogP contribution < -0.4 is 4.74 Å². The molecule has 2 aromatic rings. The summed E-state index contributed by atoms with van der Waals surface area (Å²) in [7, 11) is 0. The minimum atomic E-state index is -0.733. The number of carboxylic acids is 1. The maximum absolute atomic E-state index is 15.0. The van der Waals surface area contributed by atoms with Crippen molar-refractivity contribution in [2.45, 2.75) is 38.3 Å². The molecule has 0 aromatic heterocycles. The van der Waals surface area contributed by atoms with E-state index in [1.165, 1.54) is 6.07 Å². The van der Waals surface area contributed by atoms with Crippen molar-refractivity contribution < 1.29 is 19.0 Å². The van der Waals surface area contributed by atoms with E-state index in [0.29, 0.717) is 47.3 Å². The Labute approximate surface area is 179 Å². The van der Waals surface area contributed by atoms with Crippen LogP contribution in [0.4, 0.5) is 4.39 Å². The molecule has 2 aliphatic rings. The van der Waals surface area contributed by atoms with E-state index < -0.39 is 5.97 Å². The van der Waals surface area contributed by atoms with Gasteiger partial charge in [-0.05, 0) is 62.5 Å². The van der Waals surface area contributed by atoms with E-state index in [4.69, 9.17) is 27.9 Å². The van der Waals surface area contributed by atoms with Crippen molar-refractivity contribution in [2.24, 2.45) is 5.92 Å². The van der Waals surface area contributed by atoms with Gasteiger partial charge in [0.25, 0.3) is 0 Å². The molecule has 0 saturated carbocycles. The van der Waals surface area contributed by atoms with Crippen molar-refractivity contribution in [1.82, 2.24) is 4.90 Å². The number of halogens is 3. The lowest BCUT2D eigenvalue weighted by Crippen LogP contribution is -2.38. The molecule has 0 amide bonds. The highest BCUT2D eigenvalue weighted by Gasteiger charge is 2.34. The Balaban J connectivity index is 1.47. The number of benzene rings is 2. The van der Waals surface area contributed by atoms with Gasteiger partial charge in [-0.25, -0.2) is 4.39 Å². The number of hydrogen-bond acceptors (Lipinski definition) is 3. The van der Waals surface area contributed by atoms with Crippen LogP contribution in [0.5, 0.6) is 5.75 Å². The van der Waals surface area contributed by atoms with Gasteiger partial charge in [-0.2, -0.15) is 0 Å². The van der Waals surface area contributed by atoms with Crippen LogP contribution in [-0.2, 0) is 17.8 Å². The summed E-state index contributed by atoms with van der Waals surface area (Å²) in [6.07, 6.45) is 2.84. The van der Waals surface area contributed by atoms with E-state index >= 15 is 0 Å². The number of carbonyl (C=O) groups is 1. The second-order valence-corrected chi connectivity index (χ2v) is 8.48. The standard InChI is InChI=1S/C22H22Cl2FNO3/c23-17-2-1-3-18(24)16(17)12-29-15-10-14-4-5-20(21(14)19(25)11-15)26-8-6-13(7-9-26)22(27)28/h1-3,10-11,13,20H,4-9,12H2,(H,27,28). The Morgan fingerprint density at radius 2 is 1.86 bits per heavy atom. The predicted octanol–water partition coefficient (Wildman–Crippen LogP) is 5.50. The zero-order chi connectivity index (χ0) is 20.5. The Bertz CT molecular complexity index is 908. The molecular formula is C22H22Cl2FNO3. The number of rotatable bonds is 5. The number of likely N-dealkylation sites (tertiary alicyclic amines) is 1. The lowest BCUT2D eigenvalue weighted by atomic mass is 9.94. The van der Waals surface area contributed by atoms with Crippen LogP contribution in [0, 0.1) is 11.7 Å². The third-order valence-electron chi connectivity index (χ3n) is 5.97. The molecular weight excluding hydrogens is 416 g/mol. The molecule has 1 atom stereocenters. The molecule has 4 nitrogen and oxygen atoms in total. The highest BCUT2D eigenvalue weighted by Crippen LogP contribution is 2.41. The van der Waals surface area contributed by atoms with Crippen LogP contribution in [0.25, 0.3) is 0 Å². The van der Waals surface area contributed by atoms with Crippen LogP contribution in [0.1, 0.15) is 42.0 Å². The van der Waals surface area contributed by atoms with Gasteiger partial charge in [0.1, 0.15) is 18.2 Å². The second-order valence-electron chi connectivity index (χ2n) is 7.67. The van der Waals surface area contributed by atoms with E-state index in [-0.39, 0.29) is 24.4 Å². The molecule has 7 heteroatoms. The van der Waals surface area contributed by atoms with Gasteiger partial charge in [-0.3, -0.25) is 9.69 Å². The SMILES string of the molecule is O=C(O)C1CCN(C2CCc3cc(OCc4c(Cl)cccc4Cl)cc(F)c32)CC1. The maximum atomic E-state index is 15.0. The van der Waals surface area contributed by atoms with Crippen LogP contribution in [-0.4, -0.2) is 29.1 Å². The normalized spacial score (nSPS) is 19.9. The van der Waals surface area contributed by atoms with Crippen LogP contribution >= 0.6 is 23.2 Å². The van der Waals surface area contributed by atoms with Crippen molar-refractivity contribution in [3.8, 4) is 5.75 Å². The molecule has 1 aliphatic carbocycles. The average Bonchev–Trinajstić information content (AvgIpc) is 3.12. The minimum Gasteiger partial charge on any atom is -0.489 e. The van der Waals surface area contributed by atoms with Crippen molar-refractivity contribution >= 4 is 29.2 Å². The smallest absolute Gasteiger partial charge is 0.306 e. The van der Waals surface area contributed by atoms with Crippen molar-refractivity contribution in [3.05, 3.63) is 62.9 Å². The van der Waals surface area contributed by atoms with E-state index in [1.807, 2.05) is 6.07 Å². The first-order chi connectivity index (χ1) is 13.9. The first kappa shape index (κ1) is 20.5. The predicted molar refractivity (Wildman–Crippen MR) is 110 cm³/mol. The lowest BCUT2D eigenvalue weighted by molar-refractivity contribution is -0.143. The Kier molecular flexibility index (Phi) is 6.00. The highest BCUT2D eigenvalue weighted by molar-refractivity contribution is 6.35. The van der Waals surface area contributed by atoms with Gasteiger partial charge in [0.2, 0.25) is 0 Å². The summed E-state index contributed by atoms with van der Waals surface area (Å²) in [6.45, 7) is 1.54. The molecule has 0 bridgehead atoms. The van der Waals surface area contributed by atoms with Crippen LogP contribution in [0.15, 0.2) is 30.3 Å². The summed E-state index contributed by atoms with van der Waals surface area (Å²) in [5, 5.41) is 10.2. The molecule has 154 valence electrons. The van der Waals surface area contributed by atoms with E-state index in [2.05, 4.69) is 4.90 Å².